The molecule has 174 valence electrons. The molecule has 0 bridgehead atoms. The highest BCUT2D eigenvalue weighted by molar-refractivity contribution is 5.89. The number of hydrogen-bond donors (Lipinski definition) is 2. The summed E-state index contributed by atoms with van der Waals surface area (Å²) in [6.45, 7) is -0.278. The van der Waals surface area contributed by atoms with E-state index in [2.05, 4.69) is 36.0 Å². The van der Waals surface area contributed by atoms with Gasteiger partial charge in [-0.05, 0) is 31.7 Å². The average molecular weight is 460 g/mol. The number of aryl methyl sites for hydroxylation is 1. The quantitative estimate of drug-likeness (QED) is 0.452. The van der Waals surface area contributed by atoms with Crippen molar-refractivity contribution in [1.82, 2.24) is 39.5 Å². The van der Waals surface area contributed by atoms with Gasteiger partial charge < -0.3 is 15.5 Å². The van der Waals surface area contributed by atoms with Crippen LogP contribution >= 0.6 is 0 Å². The molecule has 10 nitrogen and oxygen atoms in total. The van der Waals surface area contributed by atoms with Crippen molar-refractivity contribution >= 4 is 28.4 Å². The Morgan fingerprint density at radius 1 is 1.21 bits per heavy atom. The van der Waals surface area contributed by atoms with Gasteiger partial charge >= 0.3 is 0 Å². The summed E-state index contributed by atoms with van der Waals surface area (Å²) in [4.78, 5) is 10.7. The monoisotopic (exact) mass is 460 g/mol. The Balaban J connectivity index is 1.52. The van der Waals surface area contributed by atoms with Crippen molar-refractivity contribution in [2.45, 2.75) is 24.9 Å². The minimum atomic E-state index is -2.90. The summed E-state index contributed by atoms with van der Waals surface area (Å²) >= 11 is 0. The molecular weight excluding hydrogens is 437 g/mol. The molecule has 13 heteroatoms. The number of piperidine rings is 1. The second-order valence-corrected chi connectivity index (χ2v) is 8.08. The van der Waals surface area contributed by atoms with Gasteiger partial charge in [-0.15, -0.1) is 10.2 Å². The summed E-state index contributed by atoms with van der Waals surface area (Å²) in [6.07, 6.45) is 2.00. The zero-order valence-corrected chi connectivity index (χ0v) is 18.1. The minimum absolute atomic E-state index is 0.0605. The average Bonchev–Trinajstić information content (AvgIpc) is 3.39. The van der Waals surface area contributed by atoms with E-state index in [1.165, 1.54) is 4.68 Å². The van der Waals surface area contributed by atoms with Crippen LogP contribution in [0.5, 0.6) is 0 Å². The van der Waals surface area contributed by atoms with Crippen LogP contribution in [0.25, 0.3) is 27.9 Å². The van der Waals surface area contributed by atoms with Gasteiger partial charge in [-0.1, -0.05) is 5.21 Å². The fraction of sp³-hybridized carbons (Fsp3) is 0.450. The molecule has 33 heavy (non-hydrogen) atoms. The van der Waals surface area contributed by atoms with Crippen LogP contribution in [0.15, 0.2) is 24.4 Å². The van der Waals surface area contributed by atoms with E-state index in [0.29, 0.717) is 34.7 Å². The highest BCUT2D eigenvalue weighted by atomic mass is 19.3. The Hall–Kier alpha value is -3.48. The van der Waals surface area contributed by atoms with Gasteiger partial charge in [-0.3, -0.25) is 0 Å². The highest BCUT2D eigenvalue weighted by Crippen LogP contribution is 2.32. The lowest BCUT2D eigenvalue weighted by molar-refractivity contribution is -0.0675. The van der Waals surface area contributed by atoms with E-state index < -0.39 is 18.6 Å². The van der Waals surface area contributed by atoms with E-state index in [9.17, 15) is 13.2 Å². The van der Waals surface area contributed by atoms with Gasteiger partial charge in [0.15, 0.2) is 11.5 Å². The molecule has 0 saturated carbocycles. The van der Waals surface area contributed by atoms with E-state index >= 15 is 0 Å². The van der Waals surface area contributed by atoms with Crippen LogP contribution in [0.2, 0.25) is 0 Å². The largest absolute Gasteiger partial charge is 0.371 e. The van der Waals surface area contributed by atoms with Crippen molar-refractivity contribution in [2.75, 3.05) is 44.5 Å². The Bertz CT molecular complexity index is 1300. The van der Waals surface area contributed by atoms with Crippen molar-refractivity contribution in [3.8, 4) is 11.3 Å². The van der Waals surface area contributed by atoms with Crippen LogP contribution in [-0.2, 0) is 6.54 Å². The van der Waals surface area contributed by atoms with Crippen LogP contribution in [0.1, 0.15) is 6.42 Å². The third kappa shape index (κ3) is 3.81. The molecule has 0 amide bonds. The zero-order valence-electron chi connectivity index (χ0n) is 18.1. The first-order valence-corrected chi connectivity index (χ1v) is 10.6. The van der Waals surface area contributed by atoms with Crippen LogP contribution in [0.4, 0.5) is 24.9 Å². The fourth-order valence-electron chi connectivity index (χ4n) is 4.14. The number of likely N-dealkylation sites (tertiary alicyclic amines) is 1. The summed E-state index contributed by atoms with van der Waals surface area (Å²) in [5.41, 5.74) is 3.00. The van der Waals surface area contributed by atoms with E-state index in [4.69, 9.17) is 0 Å². The minimum Gasteiger partial charge on any atom is -0.371 e. The van der Waals surface area contributed by atoms with Gasteiger partial charge in [0.05, 0.1) is 24.8 Å². The van der Waals surface area contributed by atoms with Crippen molar-refractivity contribution in [3.63, 3.8) is 0 Å². The molecule has 0 aromatic carbocycles. The SMILES string of the molecule is CNc1nc(N[C@@H]2CCN(C)CC2(F)F)nn2ccc(-c3ccc4nnn(CCF)c4n3)c12. The van der Waals surface area contributed by atoms with E-state index in [1.807, 2.05) is 6.07 Å². The predicted octanol–water partition coefficient (Wildman–Crippen LogP) is 2.30. The number of rotatable bonds is 6. The smallest absolute Gasteiger partial charge is 0.280 e. The Kier molecular flexibility index (Phi) is 5.27. The molecule has 1 saturated heterocycles. The normalized spacial score (nSPS) is 18.8. The summed E-state index contributed by atoms with van der Waals surface area (Å²) < 4.78 is 44.8. The standard InChI is InChI=1S/C20H23F3N10/c1-24-17-16-12(13-3-4-14-18(25-13)33(10-7-21)30-28-14)5-9-32(16)29-19(27-17)26-15-6-8-31(2)11-20(15,22)23/h3-5,9,15H,6-8,10-11H2,1-2H3,(H2,24,26,27,29)/t15-/m1/s1. The maximum absolute atomic E-state index is 14.5. The highest BCUT2D eigenvalue weighted by Gasteiger charge is 2.44. The number of halogens is 3. The maximum atomic E-state index is 14.5. The Morgan fingerprint density at radius 3 is 2.82 bits per heavy atom. The van der Waals surface area contributed by atoms with Gasteiger partial charge in [0.1, 0.15) is 17.7 Å². The lowest BCUT2D eigenvalue weighted by atomic mass is 10.0. The lowest BCUT2D eigenvalue weighted by Gasteiger charge is -2.36. The van der Waals surface area contributed by atoms with Crippen molar-refractivity contribution < 1.29 is 13.2 Å². The summed E-state index contributed by atoms with van der Waals surface area (Å²) in [7, 11) is 3.38. The van der Waals surface area contributed by atoms with E-state index in [-0.39, 0.29) is 25.5 Å². The fourth-order valence-corrected chi connectivity index (χ4v) is 4.14. The van der Waals surface area contributed by atoms with Gasteiger partial charge in [-0.2, -0.15) is 4.98 Å². The van der Waals surface area contributed by atoms with Crippen LogP contribution in [-0.4, -0.2) is 85.3 Å². The maximum Gasteiger partial charge on any atom is 0.280 e. The summed E-state index contributed by atoms with van der Waals surface area (Å²) in [5.74, 6) is -2.33. The molecule has 0 spiro atoms. The molecule has 0 unspecified atom stereocenters. The molecule has 0 aliphatic carbocycles. The van der Waals surface area contributed by atoms with Gasteiger partial charge in [0.2, 0.25) is 5.95 Å². The van der Waals surface area contributed by atoms with Crippen molar-refractivity contribution in [3.05, 3.63) is 24.4 Å². The predicted molar refractivity (Wildman–Crippen MR) is 117 cm³/mol. The Morgan fingerprint density at radius 2 is 2.06 bits per heavy atom. The van der Waals surface area contributed by atoms with E-state index in [0.717, 1.165) is 5.56 Å². The third-order valence-corrected chi connectivity index (χ3v) is 5.77. The first kappa shape index (κ1) is 21.4. The molecule has 4 aromatic rings. The number of fused-ring (bicyclic) bond motifs is 2. The summed E-state index contributed by atoms with van der Waals surface area (Å²) in [6, 6.07) is 4.31. The number of nitrogens with one attached hydrogen (secondary N) is 2. The first-order chi connectivity index (χ1) is 15.9. The van der Waals surface area contributed by atoms with E-state index in [1.54, 1.807) is 41.8 Å². The molecule has 5 rings (SSSR count). The number of anilines is 2. The molecule has 4 aromatic heterocycles. The number of hydrogen-bond acceptors (Lipinski definition) is 8. The zero-order chi connectivity index (χ0) is 23.2. The number of alkyl halides is 3. The first-order valence-electron chi connectivity index (χ1n) is 10.6. The molecule has 5 heterocycles. The molecule has 0 radical (unpaired) electrons. The number of pyridine rings is 1. The second kappa shape index (κ2) is 8.14. The molecule has 1 fully saturated rings. The molecule has 2 N–H and O–H groups in total. The third-order valence-electron chi connectivity index (χ3n) is 5.77. The lowest BCUT2D eigenvalue weighted by Crippen LogP contribution is -2.53. The molecular formula is C20H23F3N10. The topological polar surface area (TPSA) is 101 Å². The van der Waals surface area contributed by atoms with Crippen molar-refractivity contribution in [2.24, 2.45) is 0 Å². The number of nitrogens with zero attached hydrogens (tertiary/aromatic N) is 8. The van der Waals surface area contributed by atoms with Gasteiger partial charge in [0.25, 0.3) is 5.92 Å². The van der Waals surface area contributed by atoms with Crippen LogP contribution in [0.3, 0.4) is 0 Å². The molecule has 1 atom stereocenters. The van der Waals surface area contributed by atoms with Crippen molar-refractivity contribution in [1.29, 1.82) is 0 Å². The van der Waals surface area contributed by atoms with Crippen LogP contribution in [0, 0.1) is 0 Å². The Labute approximate surface area is 186 Å². The molecule has 1 aliphatic heterocycles. The summed E-state index contributed by atoms with van der Waals surface area (Å²) in [5, 5.41) is 18.2. The second-order valence-electron chi connectivity index (χ2n) is 8.08. The van der Waals surface area contributed by atoms with Gasteiger partial charge in [-0.25, -0.2) is 27.4 Å². The van der Waals surface area contributed by atoms with Gasteiger partial charge in [0, 0.05) is 25.4 Å². The van der Waals surface area contributed by atoms with Crippen LogP contribution < -0.4 is 10.6 Å². The number of aromatic nitrogens is 7. The molecule has 1 aliphatic rings.